The van der Waals surface area contributed by atoms with Crippen LogP contribution in [0.1, 0.15) is 5.56 Å². The lowest BCUT2D eigenvalue weighted by Gasteiger charge is -2.46. The number of morpholine rings is 1. The second-order valence-corrected chi connectivity index (χ2v) is 7.49. The smallest absolute Gasteiger partial charge is 0.320 e. The molecule has 3 heterocycles. The molecule has 0 radical (unpaired) electrons. The summed E-state index contributed by atoms with van der Waals surface area (Å²) in [6.07, 6.45) is 0.425. The highest BCUT2D eigenvalue weighted by molar-refractivity contribution is 5.97. The Morgan fingerprint density at radius 1 is 1.10 bits per heavy atom. The molecule has 3 fully saturated rings. The number of hydrogen-bond acceptors (Lipinski definition) is 5. The molecule has 2 atom stereocenters. The molecule has 156 valence electrons. The lowest BCUT2D eigenvalue weighted by atomic mass is 9.98. The van der Waals surface area contributed by atoms with Crippen molar-refractivity contribution in [2.45, 2.75) is 18.5 Å². The van der Waals surface area contributed by atoms with Crippen molar-refractivity contribution in [1.29, 1.82) is 0 Å². The molecule has 0 spiro atoms. The number of nitrogens with zero attached hydrogens (tertiary/aromatic N) is 3. The molecule has 3 aliphatic heterocycles. The van der Waals surface area contributed by atoms with Crippen LogP contribution < -0.4 is 10.1 Å². The second kappa shape index (κ2) is 8.28. The van der Waals surface area contributed by atoms with Crippen molar-refractivity contribution in [2.24, 2.45) is 0 Å². The van der Waals surface area contributed by atoms with Crippen LogP contribution in [-0.4, -0.2) is 97.7 Å². The van der Waals surface area contributed by atoms with Gasteiger partial charge in [-0.15, -0.1) is 0 Å². The Bertz CT molecular complexity index is 778. The monoisotopic (exact) mass is 402 g/mol. The van der Waals surface area contributed by atoms with E-state index in [2.05, 4.69) is 5.32 Å². The minimum Gasteiger partial charge on any atom is -0.497 e. The quantitative estimate of drug-likeness (QED) is 0.750. The van der Waals surface area contributed by atoms with E-state index in [0.29, 0.717) is 45.8 Å². The van der Waals surface area contributed by atoms with E-state index in [1.165, 1.54) is 0 Å². The maximum absolute atomic E-state index is 13.0. The molecule has 0 unspecified atom stereocenters. The predicted octanol–water partition coefficient (Wildman–Crippen LogP) is -0.299. The van der Waals surface area contributed by atoms with Gasteiger partial charge in [0.2, 0.25) is 11.8 Å². The number of rotatable bonds is 3. The third-order valence-electron chi connectivity index (χ3n) is 5.73. The number of carbonyl (C=O) groups excluding carboxylic acids is 3. The zero-order valence-corrected chi connectivity index (χ0v) is 16.5. The van der Waals surface area contributed by atoms with Crippen molar-refractivity contribution < 1.29 is 23.9 Å². The Morgan fingerprint density at radius 3 is 2.52 bits per heavy atom. The molecule has 0 bridgehead atoms. The van der Waals surface area contributed by atoms with E-state index in [1.54, 1.807) is 21.8 Å². The summed E-state index contributed by atoms with van der Waals surface area (Å²) in [5.74, 6) is 0.445. The summed E-state index contributed by atoms with van der Waals surface area (Å²) in [6.45, 7) is 3.19. The van der Waals surface area contributed by atoms with Crippen molar-refractivity contribution in [3.63, 3.8) is 0 Å². The van der Waals surface area contributed by atoms with Gasteiger partial charge in [0.1, 0.15) is 17.8 Å². The topological polar surface area (TPSA) is 91.4 Å². The van der Waals surface area contributed by atoms with Gasteiger partial charge in [0.15, 0.2) is 0 Å². The molecule has 4 amide bonds. The molecule has 9 nitrogen and oxygen atoms in total. The van der Waals surface area contributed by atoms with Gasteiger partial charge < -0.3 is 29.5 Å². The lowest BCUT2D eigenvalue weighted by molar-refractivity contribution is -0.152. The number of nitrogens with one attached hydrogen (secondary N) is 1. The van der Waals surface area contributed by atoms with Crippen LogP contribution in [0.5, 0.6) is 5.75 Å². The summed E-state index contributed by atoms with van der Waals surface area (Å²) in [5, 5.41) is 2.85. The van der Waals surface area contributed by atoms with E-state index in [4.69, 9.17) is 9.47 Å². The largest absolute Gasteiger partial charge is 0.497 e. The Hall–Kier alpha value is -2.81. The fraction of sp³-hybridized carbons (Fsp3) is 0.550. The van der Waals surface area contributed by atoms with Crippen molar-refractivity contribution in [3.8, 4) is 5.75 Å². The maximum Gasteiger partial charge on any atom is 0.320 e. The number of urea groups is 1. The summed E-state index contributed by atoms with van der Waals surface area (Å²) in [6, 6.07) is 6.15. The van der Waals surface area contributed by atoms with Crippen molar-refractivity contribution in [1.82, 2.24) is 20.0 Å². The van der Waals surface area contributed by atoms with Crippen LogP contribution >= 0.6 is 0 Å². The van der Waals surface area contributed by atoms with Crippen LogP contribution in [-0.2, 0) is 20.7 Å². The Balaban J connectivity index is 1.40. The van der Waals surface area contributed by atoms with Crippen molar-refractivity contribution in [2.75, 3.05) is 53.0 Å². The molecule has 1 N–H and O–H groups in total. The van der Waals surface area contributed by atoms with Crippen LogP contribution in [0, 0.1) is 0 Å². The zero-order chi connectivity index (χ0) is 20.4. The highest BCUT2D eigenvalue weighted by Crippen LogP contribution is 2.20. The van der Waals surface area contributed by atoms with Gasteiger partial charge in [0, 0.05) is 32.6 Å². The second-order valence-electron chi connectivity index (χ2n) is 7.49. The van der Waals surface area contributed by atoms with Gasteiger partial charge in [-0.05, 0) is 17.7 Å². The first kappa shape index (κ1) is 19.5. The van der Waals surface area contributed by atoms with E-state index in [0.717, 1.165) is 11.3 Å². The standard InChI is InChI=1S/C20H26N4O5/c1-28-15-4-2-14(3-5-15)12-16-19(26)24-7-6-23(13-17(24)18(25)21-16)20(27)22-8-10-29-11-9-22/h2-5,16-17H,6-13H2,1H3,(H,21,25)/t16-,17-/m1/s1. The van der Waals surface area contributed by atoms with E-state index in [1.807, 2.05) is 24.3 Å². The fourth-order valence-corrected chi connectivity index (χ4v) is 4.06. The average Bonchev–Trinajstić information content (AvgIpc) is 2.77. The van der Waals surface area contributed by atoms with Gasteiger partial charge in [-0.3, -0.25) is 9.59 Å². The number of methoxy groups -OCH3 is 1. The maximum atomic E-state index is 13.0. The van der Waals surface area contributed by atoms with Gasteiger partial charge in [0.25, 0.3) is 0 Å². The van der Waals surface area contributed by atoms with E-state index in [9.17, 15) is 14.4 Å². The van der Waals surface area contributed by atoms with Crippen LogP contribution in [0.3, 0.4) is 0 Å². The lowest BCUT2D eigenvalue weighted by Crippen LogP contribution is -2.70. The SMILES string of the molecule is COc1ccc(C[C@H]2NC(=O)[C@H]3CN(C(=O)N4CCOCC4)CCN3C2=O)cc1. The van der Waals surface area contributed by atoms with E-state index >= 15 is 0 Å². The number of hydrogen-bond donors (Lipinski definition) is 1. The summed E-state index contributed by atoms with van der Waals surface area (Å²) in [7, 11) is 1.60. The molecule has 0 aliphatic carbocycles. The van der Waals surface area contributed by atoms with E-state index < -0.39 is 12.1 Å². The third kappa shape index (κ3) is 4.00. The first-order chi connectivity index (χ1) is 14.1. The molecule has 0 aromatic heterocycles. The summed E-state index contributed by atoms with van der Waals surface area (Å²) >= 11 is 0. The number of benzene rings is 1. The van der Waals surface area contributed by atoms with Crippen LogP contribution in [0.2, 0.25) is 0 Å². The van der Waals surface area contributed by atoms with Crippen molar-refractivity contribution in [3.05, 3.63) is 29.8 Å². The Kier molecular flexibility index (Phi) is 5.57. The van der Waals surface area contributed by atoms with Crippen LogP contribution in [0.4, 0.5) is 4.79 Å². The first-order valence-corrected chi connectivity index (χ1v) is 9.92. The molecule has 0 saturated carbocycles. The predicted molar refractivity (Wildman–Crippen MR) is 103 cm³/mol. The minimum absolute atomic E-state index is 0.0893. The molecule has 29 heavy (non-hydrogen) atoms. The minimum atomic E-state index is -0.631. The molecule has 1 aromatic rings. The molecular weight excluding hydrogens is 376 g/mol. The van der Waals surface area contributed by atoms with Crippen LogP contribution in [0.15, 0.2) is 24.3 Å². The molecule has 4 rings (SSSR count). The number of ether oxygens (including phenoxy) is 2. The van der Waals surface area contributed by atoms with Gasteiger partial charge in [-0.1, -0.05) is 12.1 Å². The normalized spacial score (nSPS) is 24.8. The average molecular weight is 402 g/mol. The van der Waals surface area contributed by atoms with E-state index in [-0.39, 0.29) is 24.4 Å². The fourth-order valence-electron chi connectivity index (χ4n) is 4.06. The van der Waals surface area contributed by atoms with Crippen molar-refractivity contribution >= 4 is 17.8 Å². The number of piperazine rings is 2. The Morgan fingerprint density at radius 2 is 1.83 bits per heavy atom. The first-order valence-electron chi connectivity index (χ1n) is 9.92. The number of carbonyl (C=O) groups is 3. The number of fused-ring (bicyclic) bond motifs is 1. The van der Waals surface area contributed by atoms with Gasteiger partial charge >= 0.3 is 6.03 Å². The summed E-state index contributed by atoms with van der Waals surface area (Å²) in [5.41, 5.74) is 0.948. The summed E-state index contributed by atoms with van der Waals surface area (Å²) < 4.78 is 10.4. The molecule has 3 aliphatic rings. The Labute approximate surface area is 169 Å². The molecule has 3 saturated heterocycles. The van der Waals surface area contributed by atoms with Gasteiger partial charge in [0.05, 0.1) is 26.9 Å². The molecule has 1 aromatic carbocycles. The zero-order valence-electron chi connectivity index (χ0n) is 16.5. The van der Waals surface area contributed by atoms with Gasteiger partial charge in [-0.2, -0.15) is 0 Å². The third-order valence-corrected chi connectivity index (χ3v) is 5.73. The highest BCUT2D eigenvalue weighted by Gasteiger charge is 2.44. The molecular formula is C20H26N4O5. The number of amides is 4. The summed E-state index contributed by atoms with van der Waals surface area (Å²) in [4.78, 5) is 43.4. The highest BCUT2D eigenvalue weighted by atomic mass is 16.5. The molecule has 9 heteroatoms. The van der Waals surface area contributed by atoms with Crippen LogP contribution in [0.25, 0.3) is 0 Å². The van der Waals surface area contributed by atoms with Gasteiger partial charge in [-0.25, -0.2) is 4.79 Å².